The second-order valence-corrected chi connectivity index (χ2v) is 13.1. The lowest BCUT2D eigenvalue weighted by Crippen LogP contribution is -2.40. The molecule has 1 aliphatic rings. The number of sulfonamides is 2. The predicted octanol–water partition coefficient (Wildman–Crippen LogP) is 3.81. The van der Waals surface area contributed by atoms with Crippen molar-refractivity contribution < 1.29 is 26.4 Å². The number of amides is 1. The van der Waals surface area contributed by atoms with Crippen LogP contribution in [0, 0.1) is 13.8 Å². The van der Waals surface area contributed by atoms with Crippen LogP contribution in [0.1, 0.15) is 11.1 Å². The molecule has 4 rings (SSSR count). The minimum atomic E-state index is -4.12. The Morgan fingerprint density at radius 2 is 1.53 bits per heavy atom. The third kappa shape index (κ3) is 6.19. The van der Waals surface area contributed by atoms with Gasteiger partial charge in [0.05, 0.1) is 28.7 Å². The van der Waals surface area contributed by atoms with E-state index in [0.29, 0.717) is 29.5 Å². The van der Waals surface area contributed by atoms with Gasteiger partial charge in [-0.2, -0.15) is 4.31 Å². The van der Waals surface area contributed by atoms with Gasteiger partial charge in [-0.25, -0.2) is 16.8 Å². The summed E-state index contributed by atoms with van der Waals surface area (Å²) in [5.41, 5.74) is 2.12. The Hall–Kier alpha value is -2.96. The predicted molar refractivity (Wildman–Crippen MR) is 147 cm³/mol. The largest absolute Gasteiger partial charge is 0.379 e. The van der Waals surface area contributed by atoms with Crippen LogP contribution in [0.4, 0.5) is 11.4 Å². The van der Waals surface area contributed by atoms with Gasteiger partial charge in [0.1, 0.15) is 6.54 Å². The van der Waals surface area contributed by atoms with E-state index in [4.69, 9.17) is 16.3 Å². The number of nitrogens with one attached hydrogen (secondary N) is 1. The molecular weight excluding hydrogens is 550 g/mol. The van der Waals surface area contributed by atoms with E-state index in [1.165, 1.54) is 46.8 Å². The first-order valence-corrected chi connectivity index (χ1v) is 15.1. The molecule has 1 heterocycles. The summed E-state index contributed by atoms with van der Waals surface area (Å²) in [6, 6.07) is 16.9. The van der Waals surface area contributed by atoms with Crippen LogP contribution in [0.5, 0.6) is 0 Å². The van der Waals surface area contributed by atoms with Gasteiger partial charge < -0.3 is 10.1 Å². The number of hydrogen-bond acceptors (Lipinski definition) is 6. The van der Waals surface area contributed by atoms with E-state index in [1.807, 2.05) is 6.92 Å². The Labute approximate surface area is 228 Å². The molecule has 3 aromatic rings. The van der Waals surface area contributed by atoms with E-state index in [2.05, 4.69) is 5.32 Å². The second kappa shape index (κ2) is 11.4. The topological polar surface area (TPSA) is 113 Å². The molecule has 1 fully saturated rings. The van der Waals surface area contributed by atoms with Crippen molar-refractivity contribution >= 4 is 48.9 Å². The Morgan fingerprint density at radius 3 is 2.16 bits per heavy atom. The van der Waals surface area contributed by atoms with E-state index in [1.54, 1.807) is 31.2 Å². The zero-order chi connectivity index (χ0) is 27.5. The lowest BCUT2D eigenvalue weighted by atomic mass is 10.2. The van der Waals surface area contributed by atoms with Gasteiger partial charge in [0.15, 0.2) is 0 Å². The minimum absolute atomic E-state index is 0.0351. The highest BCUT2D eigenvalue weighted by Crippen LogP contribution is 2.30. The minimum Gasteiger partial charge on any atom is -0.379 e. The number of rotatable bonds is 8. The van der Waals surface area contributed by atoms with Gasteiger partial charge in [-0.15, -0.1) is 0 Å². The summed E-state index contributed by atoms with van der Waals surface area (Å²) in [5.74, 6) is -0.608. The number of ether oxygens (including phenoxy) is 1. The summed E-state index contributed by atoms with van der Waals surface area (Å²) in [6.07, 6.45) is 0. The van der Waals surface area contributed by atoms with Crippen molar-refractivity contribution in [2.45, 2.75) is 23.6 Å². The fourth-order valence-corrected chi connectivity index (χ4v) is 7.02. The summed E-state index contributed by atoms with van der Waals surface area (Å²) in [6.45, 7) is 4.27. The Kier molecular flexibility index (Phi) is 8.43. The molecular formula is C26H28ClN3O6S2. The van der Waals surface area contributed by atoms with Gasteiger partial charge in [0.2, 0.25) is 15.9 Å². The molecule has 0 unspecified atom stereocenters. The Balaban J connectivity index is 1.57. The number of carbonyl (C=O) groups is 1. The smallest absolute Gasteiger partial charge is 0.264 e. The maximum atomic E-state index is 13.6. The molecule has 1 aliphatic heterocycles. The zero-order valence-electron chi connectivity index (χ0n) is 20.9. The number of aryl methyl sites for hydroxylation is 2. The molecule has 202 valence electrons. The average molecular weight is 578 g/mol. The molecule has 3 aromatic carbocycles. The maximum absolute atomic E-state index is 13.6. The first kappa shape index (κ1) is 28.1. The van der Waals surface area contributed by atoms with Crippen molar-refractivity contribution in [1.82, 2.24) is 4.31 Å². The first-order chi connectivity index (χ1) is 18.0. The Bertz CT molecular complexity index is 1520. The standard InChI is InChI=1S/C26H28ClN3O6S2/c1-19-3-9-24(10-4-19)38(34,35)30(25-17-21(27)6-5-20(25)2)18-26(31)28-22-7-11-23(12-8-22)37(32,33)29-13-15-36-16-14-29/h3-12,17H,13-16,18H2,1-2H3,(H,28,31). The van der Waals surface area contributed by atoms with Crippen molar-refractivity contribution in [2.24, 2.45) is 0 Å². The van der Waals surface area contributed by atoms with Crippen LogP contribution in [-0.2, 0) is 29.6 Å². The van der Waals surface area contributed by atoms with Crippen LogP contribution in [0.15, 0.2) is 76.5 Å². The molecule has 0 aromatic heterocycles. The van der Waals surface area contributed by atoms with E-state index in [-0.39, 0.29) is 28.6 Å². The summed E-state index contributed by atoms with van der Waals surface area (Å²) in [7, 11) is -7.80. The third-order valence-corrected chi connectivity index (χ3v) is 10.0. The first-order valence-electron chi connectivity index (χ1n) is 11.8. The van der Waals surface area contributed by atoms with Crippen molar-refractivity contribution in [3.8, 4) is 0 Å². The number of benzene rings is 3. The number of hydrogen-bond donors (Lipinski definition) is 1. The fourth-order valence-electron chi connectivity index (χ4n) is 3.97. The second-order valence-electron chi connectivity index (χ2n) is 8.84. The molecule has 1 saturated heterocycles. The molecule has 0 bridgehead atoms. The third-order valence-electron chi connectivity index (χ3n) is 6.08. The molecule has 0 saturated carbocycles. The normalized spacial score (nSPS) is 14.7. The number of carbonyl (C=O) groups excluding carboxylic acids is 1. The quantitative estimate of drug-likeness (QED) is 0.435. The van der Waals surface area contributed by atoms with Crippen LogP contribution in [0.2, 0.25) is 5.02 Å². The molecule has 0 spiro atoms. The van der Waals surface area contributed by atoms with Gasteiger partial charge in [-0.1, -0.05) is 35.4 Å². The molecule has 0 atom stereocenters. The van der Waals surface area contributed by atoms with Gasteiger partial charge in [-0.3, -0.25) is 9.10 Å². The van der Waals surface area contributed by atoms with Gasteiger partial charge in [0.25, 0.3) is 10.0 Å². The molecule has 1 N–H and O–H groups in total. The number of halogens is 1. The van der Waals surface area contributed by atoms with Gasteiger partial charge >= 0.3 is 0 Å². The number of anilines is 2. The maximum Gasteiger partial charge on any atom is 0.264 e. The SMILES string of the molecule is Cc1ccc(S(=O)(=O)N(CC(=O)Nc2ccc(S(=O)(=O)N3CCOCC3)cc2)c2cc(Cl)ccc2C)cc1. The monoisotopic (exact) mass is 577 g/mol. The van der Waals surface area contributed by atoms with E-state index < -0.39 is 32.5 Å². The van der Waals surface area contributed by atoms with Crippen LogP contribution in [0.3, 0.4) is 0 Å². The average Bonchev–Trinajstić information content (AvgIpc) is 2.90. The lowest BCUT2D eigenvalue weighted by molar-refractivity contribution is -0.114. The van der Waals surface area contributed by atoms with Gasteiger partial charge in [-0.05, 0) is 67.9 Å². The molecule has 12 heteroatoms. The van der Waals surface area contributed by atoms with E-state index in [0.717, 1.165) is 9.87 Å². The van der Waals surface area contributed by atoms with Crippen LogP contribution >= 0.6 is 11.6 Å². The van der Waals surface area contributed by atoms with E-state index >= 15 is 0 Å². The highest BCUT2D eigenvalue weighted by molar-refractivity contribution is 7.92. The van der Waals surface area contributed by atoms with Crippen molar-refractivity contribution in [2.75, 3.05) is 42.5 Å². The Morgan fingerprint density at radius 1 is 0.921 bits per heavy atom. The fraction of sp³-hybridized carbons (Fsp3) is 0.269. The highest BCUT2D eigenvalue weighted by Gasteiger charge is 2.29. The summed E-state index contributed by atoms with van der Waals surface area (Å²) in [5, 5.41) is 2.99. The van der Waals surface area contributed by atoms with Crippen molar-refractivity contribution in [1.29, 1.82) is 0 Å². The van der Waals surface area contributed by atoms with E-state index in [9.17, 15) is 21.6 Å². The molecule has 38 heavy (non-hydrogen) atoms. The lowest BCUT2D eigenvalue weighted by Gasteiger charge is -2.26. The van der Waals surface area contributed by atoms with Gasteiger partial charge in [0, 0.05) is 23.8 Å². The number of nitrogens with zero attached hydrogens (tertiary/aromatic N) is 2. The summed E-state index contributed by atoms with van der Waals surface area (Å²) >= 11 is 6.17. The van der Waals surface area contributed by atoms with Crippen LogP contribution < -0.4 is 9.62 Å². The van der Waals surface area contributed by atoms with Crippen molar-refractivity contribution in [3.05, 3.63) is 82.9 Å². The molecule has 0 radical (unpaired) electrons. The summed E-state index contributed by atoms with van der Waals surface area (Å²) < 4.78 is 60.5. The molecule has 9 nitrogen and oxygen atoms in total. The highest BCUT2D eigenvalue weighted by atomic mass is 35.5. The van der Waals surface area contributed by atoms with Crippen LogP contribution in [-0.4, -0.2) is 59.9 Å². The van der Waals surface area contributed by atoms with Crippen molar-refractivity contribution in [3.63, 3.8) is 0 Å². The zero-order valence-corrected chi connectivity index (χ0v) is 23.3. The summed E-state index contributed by atoms with van der Waals surface area (Å²) in [4.78, 5) is 13.2. The van der Waals surface area contributed by atoms with Crippen LogP contribution in [0.25, 0.3) is 0 Å². The molecule has 0 aliphatic carbocycles. The number of morpholine rings is 1. The molecule has 1 amide bonds.